The Morgan fingerprint density at radius 3 is 2.82 bits per heavy atom. The molecule has 2 N–H and O–H groups in total. The number of hydrogen-bond acceptors (Lipinski definition) is 5. The number of aromatic nitrogens is 3. The molecule has 0 unspecified atom stereocenters. The first kappa shape index (κ1) is 21.8. The molecule has 3 heterocycles. The fourth-order valence-electron chi connectivity index (χ4n) is 3.79. The van der Waals surface area contributed by atoms with Crippen LogP contribution in [0.5, 0.6) is 11.6 Å². The molecule has 4 aromatic rings. The maximum absolute atomic E-state index is 14.9. The molecule has 7 nitrogen and oxygen atoms in total. The smallest absolute Gasteiger partial charge is 0.416 e. The minimum atomic E-state index is -4.54. The van der Waals surface area contributed by atoms with Crippen LogP contribution in [0.4, 0.5) is 28.0 Å². The molecule has 11 heteroatoms. The number of anilines is 1. The highest BCUT2D eigenvalue weighted by Crippen LogP contribution is 2.33. The average Bonchev–Trinajstić information content (AvgIpc) is 3.22. The molecule has 34 heavy (non-hydrogen) atoms. The molecule has 0 saturated heterocycles. The predicted octanol–water partition coefficient (Wildman–Crippen LogP) is 5.11. The number of fused-ring (bicyclic) bond motifs is 2. The molecule has 0 aliphatic carbocycles. The molecular formula is C23H17F4N5O2. The largest absolute Gasteiger partial charge is 0.436 e. The Bertz CT molecular complexity index is 1400. The van der Waals surface area contributed by atoms with Gasteiger partial charge in [0.1, 0.15) is 6.33 Å². The van der Waals surface area contributed by atoms with Crippen LogP contribution in [0.25, 0.3) is 10.9 Å². The quantitative estimate of drug-likeness (QED) is 0.406. The van der Waals surface area contributed by atoms with Gasteiger partial charge in [-0.05, 0) is 43.3 Å². The lowest BCUT2D eigenvalue weighted by atomic mass is 10.1. The summed E-state index contributed by atoms with van der Waals surface area (Å²) in [7, 11) is 0. The Morgan fingerprint density at radius 1 is 1.15 bits per heavy atom. The number of nitrogens with zero attached hydrogens (tertiary/aromatic N) is 3. The summed E-state index contributed by atoms with van der Waals surface area (Å²) in [6, 6.07) is 7.67. The molecule has 2 aromatic heterocycles. The first-order chi connectivity index (χ1) is 16.3. The minimum absolute atomic E-state index is 0.0369. The Labute approximate surface area is 190 Å². The van der Waals surface area contributed by atoms with Gasteiger partial charge in [0.15, 0.2) is 11.6 Å². The Hall–Kier alpha value is -3.99. The molecule has 1 aliphatic rings. The third-order valence-corrected chi connectivity index (χ3v) is 5.45. The summed E-state index contributed by atoms with van der Waals surface area (Å²) < 4.78 is 60.6. The highest BCUT2D eigenvalue weighted by molar-refractivity contribution is 5.98. The average molecular weight is 471 g/mol. The maximum Gasteiger partial charge on any atom is 0.416 e. The Balaban J connectivity index is 1.41. The van der Waals surface area contributed by atoms with Gasteiger partial charge in [-0.3, -0.25) is 4.57 Å². The van der Waals surface area contributed by atoms with Gasteiger partial charge in [-0.15, -0.1) is 0 Å². The van der Waals surface area contributed by atoms with Gasteiger partial charge >= 0.3 is 12.2 Å². The zero-order valence-electron chi connectivity index (χ0n) is 17.5. The molecule has 1 amide bonds. The molecule has 0 radical (unpaired) electrons. The van der Waals surface area contributed by atoms with Crippen molar-refractivity contribution in [2.75, 3.05) is 11.9 Å². The molecule has 0 bridgehead atoms. The van der Waals surface area contributed by atoms with Gasteiger partial charge in [-0.2, -0.15) is 13.2 Å². The predicted molar refractivity (Wildman–Crippen MR) is 115 cm³/mol. The number of rotatable bonds is 3. The third kappa shape index (κ3) is 4.17. The van der Waals surface area contributed by atoms with Crippen LogP contribution in [-0.2, 0) is 19.1 Å². The van der Waals surface area contributed by atoms with E-state index in [1.165, 1.54) is 30.7 Å². The van der Waals surface area contributed by atoms with Crippen LogP contribution in [0.1, 0.15) is 16.8 Å². The summed E-state index contributed by atoms with van der Waals surface area (Å²) in [6.07, 6.45) is -1.15. The number of benzene rings is 2. The fraction of sp³-hybridized carbons (Fsp3) is 0.174. The molecule has 5 rings (SSSR count). The zero-order valence-corrected chi connectivity index (χ0v) is 17.5. The van der Waals surface area contributed by atoms with Crippen LogP contribution < -0.4 is 15.4 Å². The summed E-state index contributed by atoms with van der Waals surface area (Å²) >= 11 is 0. The van der Waals surface area contributed by atoms with E-state index in [1.807, 2.05) is 0 Å². The highest BCUT2D eigenvalue weighted by atomic mass is 19.4. The second-order valence-electron chi connectivity index (χ2n) is 7.67. The van der Waals surface area contributed by atoms with Crippen molar-refractivity contribution in [3.8, 4) is 11.6 Å². The molecular weight excluding hydrogens is 454 g/mol. The third-order valence-electron chi connectivity index (χ3n) is 5.45. The van der Waals surface area contributed by atoms with Crippen LogP contribution >= 0.6 is 0 Å². The van der Waals surface area contributed by atoms with Crippen LogP contribution in [0.3, 0.4) is 0 Å². The summed E-state index contributed by atoms with van der Waals surface area (Å²) in [5.74, 6) is -0.518. The second kappa shape index (κ2) is 8.41. The number of ether oxygens (including phenoxy) is 1. The van der Waals surface area contributed by atoms with Crippen LogP contribution in [0.15, 0.2) is 55.0 Å². The molecule has 0 saturated carbocycles. The van der Waals surface area contributed by atoms with Crippen molar-refractivity contribution in [3.05, 3.63) is 77.6 Å². The number of halogens is 4. The molecule has 174 valence electrons. The topological polar surface area (TPSA) is 81.1 Å². The summed E-state index contributed by atoms with van der Waals surface area (Å²) in [4.78, 5) is 21.0. The van der Waals surface area contributed by atoms with Gasteiger partial charge in [-0.1, -0.05) is 6.07 Å². The van der Waals surface area contributed by atoms with Crippen molar-refractivity contribution < 1.29 is 27.1 Å². The van der Waals surface area contributed by atoms with E-state index in [0.29, 0.717) is 18.4 Å². The van der Waals surface area contributed by atoms with Crippen molar-refractivity contribution in [2.24, 2.45) is 0 Å². The van der Waals surface area contributed by atoms with E-state index < -0.39 is 23.6 Å². The van der Waals surface area contributed by atoms with Crippen LogP contribution in [0.2, 0.25) is 0 Å². The monoisotopic (exact) mass is 471 g/mol. The molecule has 0 spiro atoms. The van der Waals surface area contributed by atoms with E-state index in [1.54, 1.807) is 6.07 Å². The maximum atomic E-state index is 14.9. The lowest BCUT2D eigenvalue weighted by molar-refractivity contribution is -0.137. The first-order valence-electron chi connectivity index (χ1n) is 10.3. The minimum Gasteiger partial charge on any atom is -0.436 e. The molecule has 0 atom stereocenters. The second-order valence-corrected chi connectivity index (χ2v) is 7.67. The number of hydrogen-bond donors (Lipinski definition) is 2. The van der Waals surface area contributed by atoms with E-state index >= 15 is 0 Å². The summed E-state index contributed by atoms with van der Waals surface area (Å²) in [5, 5.41) is 6.10. The highest BCUT2D eigenvalue weighted by Gasteiger charge is 2.30. The van der Waals surface area contributed by atoms with Crippen LogP contribution in [-0.4, -0.2) is 27.1 Å². The van der Waals surface area contributed by atoms with Gasteiger partial charge in [0.2, 0.25) is 5.88 Å². The van der Waals surface area contributed by atoms with Crippen molar-refractivity contribution in [2.45, 2.75) is 19.1 Å². The van der Waals surface area contributed by atoms with Crippen molar-refractivity contribution in [1.82, 2.24) is 19.9 Å². The molecule has 1 aliphatic heterocycles. The van der Waals surface area contributed by atoms with Gasteiger partial charge in [0.25, 0.3) is 0 Å². The van der Waals surface area contributed by atoms with Crippen molar-refractivity contribution >= 4 is 22.6 Å². The van der Waals surface area contributed by atoms with E-state index in [2.05, 4.69) is 20.6 Å². The van der Waals surface area contributed by atoms with Crippen LogP contribution in [0, 0.1) is 5.82 Å². The van der Waals surface area contributed by atoms with Gasteiger partial charge in [0.05, 0.1) is 16.8 Å². The van der Waals surface area contributed by atoms with Crippen molar-refractivity contribution in [3.63, 3.8) is 0 Å². The Kier molecular flexibility index (Phi) is 5.40. The summed E-state index contributed by atoms with van der Waals surface area (Å²) in [5.41, 5.74) is 0.889. The number of carbonyl (C=O) groups is 1. The zero-order chi connectivity index (χ0) is 23.9. The normalized spacial score (nSPS) is 13.5. The van der Waals surface area contributed by atoms with Gasteiger partial charge < -0.3 is 15.4 Å². The van der Waals surface area contributed by atoms with Crippen molar-refractivity contribution in [1.29, 1.82) is 0 Å². The Morgan fingerprint density at radius 2 is 2.00 bits per heavy atom. The number of amides is 1. The number of alkyl halides is 3. The fourth-order valence-corrected chi connectivity index (χ4v) is 3.79. The van der Waals surface area contributed by atoms with Gasteiger partial charge in [-0.25, -0.2) is 19.2 Å². The number of nitrogens with one attached hydrogen (secondary N) is 2. The molecule has 0 fully saturated rings. The van der Waals surface area contributed by atoms with Gasteiger partial charge in [0, 0.05) is 35.4 Å². The van der Waals surface area contributed by atoms with E-state index in [9.17, 15) is 22.4 Å². The standard InChI is InChI=1S/C23H17F4N5O2/c24-17-10-19-13(8-20(17)34-21-16-4-6-28-11-18(16)29-12-30-21)5-7-32(19)22(33)31-15-3-1-2-14(9-15)23(25,26)27/h1-3,5,7-10,12,28H,4,6,11H2,(H,31,33). The lowest BCUT2D eigenvalue weighted by Crippen LogP contribution is -2.25. The number of carbonyl (C=O) groups excluding carboxylic acids is 1. The first-order valence-corrected chi connectivity index (χ1v) is 10.3. The SMILES string of the molecule is O=C(Nc1cccc(C(F)(F)F)c1)n1ccc2cc(Oc3ncnc4c3CCNC4)c(F)cc21. The van der Waals surface area contributed by atoms with E-state index in [0.717, 1.165) is 40.6 Å². The summed E-state index contributed by atoms with van der Waals surface area (Å²) in [6.45, 7) is 1.29. The van der Waals surface area contributed by atoms with E-state index in [4.69, 9.17) is 4.74 Å². The molecule has 2 aromatic carbocycles. The lowest BCUT2D eigenvalue weighted by Gasteiger charge is -2.18. The van der Waals surface area contributed by atoms with E-state index in [-0.39, 0.29) is 22.8 Å².